The number of rotatable bonds is 5. The number of benzene rings is 3. The molecule has 0 atom stereocenters. The number of fused-ring (bicyclic) bond motifs is 7. The highest BCUT2D eigenvalue weighted by Gasteiger charge is 2.30. The van der Waals surface area contributed by atoms with Gasteiger partial charge in [0.1, 0.15) is 0 Å². The van der Waals surface area contributed by atoms with Gasteiger partial charge >= 0.3 is 0 Å². The van der Waals surface area contributed by atoms with E-state index in [0.29, 0.717) is 49.6 Å². The second kappa shape index (κ2) is 12.0. The summed E-state index contributed by atoms with van der Waals surface area (Å²) in [6.07, 6.45) is 6.19. The number of aromatic nitrogens is 4. The van der Waals surface area contributed by atoms with Crippen LogP contribution in [0.15, 0.2) is 85.2 Å². The van der Waals surface area contributed by atoms with E-state index in [-0.39, 0.29) is 28.3 Å². The van der Waals surface area contributed by atoms with Gasteiger partial charge in [-0.25, -0.2) is 26.9 Å². The van der Waals surface area contributed by atoms with Gasteiger partial charge in [-0.1, -0.05) is 0 Å². The van der Waals surface area contributed by atoms with Crippen LogP contribution in [0.2, 0.25) is 0 Å². The summed E-state index contributed by atoms with van der Waals surface area (Å²) >= 11 is 0. The average Bonchev–Trinajstić information content (AvgIpc) is 3.98. The summed E-state index contributed by atoms with van der Waals surface area (Å²) in [6.45, 7) is 0. The van der Waals surface area contributed by atoms with E-state index >= 15 is 8.78 Å². The van der Waals surface area contributed by atoms with Gasteiger partial charge in [-0.3, -0.25) is 20.2 Å². The normalized spacial score (nSPS) is 11.8. The number of nitrogens with one attached hydrogen (secondary N) is 3. The third-order valence-corrected chi connectivity index (χ3v) is 8.85. The number of nitrogens with zero attached hydrogens (tertiary/aromatic N) is 3. The Hall–Kier alpha value is -7.16. The van der Waals surface area contributed by atoms with E-state index in [9.17, 15) is 33.4 Å². The first-order chi connectivity index (χ1) is 25.0. The van der Waals surface area contributed by atoms with Gasteiger partial charge in [-0.05, 0) is 71.8 Å². The van der Waals surface area contributed by atoms with E-state index in [1.165, 1.54) is 66.7 Å². The topological polar surface area (TPSA) is 147 Å². The van der Waals surface area contributed by atoms with Crippen LogP contribution >= 0.6 is 0 Å². The summed E-state index contributed by atoms with van der Waals surface area (Å²) in [5.74, 6) is -10.8. The molecule has 0 radical (unpaired) electrons. The Labute approximate surface area is 287 Å². The van der Waals surface area contributed by atoms with Gasteiger partial charge in [0.25, 0.3) is 11.4 Å². The van der Waals surface area contributed by atoms with Gasteiger partial charge in [0.15, 0.2) is 23.3 Å². The number of H-pyrrole nitrogens is 3. The Bertz CT molecular complexity index is 2780. The van der Waals surface area contributed by atoms with Crippen molar-refractivity contribution in [3.8, 4) is 33.4 Å². The molecule has 4 aromatic heterocycles. The van der Waals surface area contributed by atoms with Gasteiger partial charge in [-0.15, -0.1) is 0 Å². The number of halogens is 5. The molecule has 0 saturated heterocycles. The maximum absolute atomic E-state index is 15.6. The summed E-state index contributed by atoms with van der Waals surface area (Å²) in [7, 11) is 0. The van der Waals surface area contributed by atoms with Crippen molar-refractivity contribution in [3.63, 3.8) is 0 Å². The molecular weight excluding hydrogens is 687 g/mol. The number of aromatic amines is 3. The molecule has 10 nitrogen and oxygen atoms in total. The fourth-order valence-electron chi connectivity index (χ4n) is 6.52. The molecule has 0 unspecified atom stereocenters. The fourth-order valence-corrected chi connectivity index (χ4v) is 6.52. The lowest BCUT2D eigenvalue weighted by Gasteiger charge is -2.10. The smallest absolute Gasteiger partial charge is 0.269 e. The molecule has 0 aliphatic carbocycles. The first kappa shape index (κ1) is 32.1. The van der Waals surface area contributed by atoms with Crippen molar-refractivity contribution in [1.82, 2.24) is 19.9 Å². The largest absolute Gasteiger partial charge is 0.359 e. The molecule has 0 saturated carbocycles. The molecule has 3 aromatic carbocycles. The summed E-state index contributed by atoms with van der Waals surface area (Å²) < 4.78 is 75.0. The van der Waals surface area contributed by atoms with Crippen LogP contribution in [-0.2, 0) is 0 Å². The zero-order valence-corrected chi connectivity index (χ0v) is 26.1. The first-order valence-corrected chi connectivity index (χ1v) is 15.4. The zero-order valence-electron chi connectivity index (χ0n) is 26.1. The maximum Gasteiger partial charge on any atom is 0.269 e. The van der Waals surface area contributed by atoms with Crippen LogP contribution in [0, 0.1) is 49.3 Å². The molecule has 8 rings (SSSR count). The maximum atomic E-state index is 15.6. The van der Waals surface area contributed by atoms with Crippen molar-refractivity contribution in [2.75, 3.05) is 0 Å². The summed E-state index contributed by atoms with van der Waals surface area (Å²) in [6, 6.07) is 17.7. The number of nitro benzene ring substituents is 2. The van der Waals surface area contributed by atoms with Crippen molar-refractivity contribution in [1.29, 1.82) is 0 Å². The molecule has 0 spiro atoms. The Morgan fingerprint density at radius 2 is 0.923 bits per heavy atom. The monoisotopic (exact) mass is 706 g/mol. The van der Waals surface area contributed by atoms with Crippen LogP contribution in [0.25, 0.3) is 78.4 Å². The standard InChI is InChI=1S/C37H19F5N6O4/c38-31-30(32(39)34(41)35(42)33(31)40)29-25-11-9-23(45-25)27(17-1-5-19(6-2-17)47(49)50)21-13-15-43-36(21)37-22(14-16-44-37)28(24-10-12-26(29)46-24)18-3-7-20(8-4-18)48(51)52/h1-16,43-45H. The first-order valence-electron chi connectivity index (χ1n) is 15.4. The quantitative estimate of drug-likeness (QED) is 0.0536. The number of hydrogen-bond acceptors (Lipinski definition) is 5. The Morgan fingerprint density at radius 3 is 1.42 bits per heavy atom. The van der Waals surface area contributed by atoms with Crippen LogP contribution in [0.1, 0.15) is 11.4 Å². The lowest BCUT2D eigenvalue weighted by Crippen LogP contribution is -2.05. The SMILES string of the molecule is O=[N+]([O-])c1ccc(-c2c3nc(c(-c4c(F)c(F)c(F)c(F)c4F)c4ccc([nH]4)c(-c4ccc([N+](=O)[O-])cc4)c4cc[nH]c4c4[nH]ccc24)C=C3)cc1. The Morgan fingerprint density at radius 1 is 0.500 bits per heavy atom. The van der Waals surface area contributed by atoms with Crippen LogP contribution < -0.4 is 0 Å². The zero-order chi connectivity index (χ0) is 36.4. The van der Waals surface area contributed by atoms with Crippen molar-refractivity contribution in [2.45, 2.75) is 0 Å². The van der Waals surface area contributed by atoms with Gasteiger partial charge in [0.2, 0.25) is 5.82 Å². The van der Waals surface area contributed by atoms with Crippen LogP contribution in [-0.4, -0.2) is 29.8 Å². The summed E-state index contributed by atoms with van der Waals surface area (Å²) in [5.41, 5.74) is 1.18. The fraction of sp³-hybridized carbons (Fsp3) is 0. The van der Waals surface area contributed by atoms with E-state index in [1.54, 1.807) is 30.6 Å². The Kier molecular flexibility index (Phi) is 7.41. The van der Waals surface area contributed by atoms with Crippen molar-refractivity contribution >= 4 is 56.4 Å². The van der Waals surface area contributed by atoms with Gasteiger partial charge in [0.05, 0.1) is 37.8 Å². The molecular formula is C37H19F5N6O4. The predicted octanol–water partition coefficient (Wildman–Crippen LogP) is 10.2. The van der Waals surface area contributed by atoms with Crippen LogP contribution in [0.5, 0.6) is 0 Å². The predicted molar refractivity (Wildman–Crippen MR) is 185 cm³/mol. The lowest BCUT2D eigenvalue weighted by atomic mass is 9.99. The molecule has 1 aliphatic rings. The number of nitro groups is 2. The molecule has 52 heavy (non-hydrogen) atoms. The van der Waals surface area contributed by atoms with Crippen molar-refractivity contribution in [3.05, 3.63) is 146 Å². The van der Waals surface area contributed by atoms with E-state index in [1.807, 2.05) is 0 Å². The number of hydrogen-bond donors (Lipinski definition) is 3. The molecule has 7 aromatic rings. The van der Waals surface area contributed by atoms with Gasteiger partial charge in [-0.2, -0.15) is 0 Å². The van der Waals surface area contributed by atoms with Crippen molar-refractivity contribution in [2.24, 2.45) is 0 Å². The third-order valence-electron chi connectivity index (χ3n) is 8.85. The number of non-ortho nitro benzene ring substituents is 2. The van der Waals surface area contributed by atoms with E-state index in [4.69, 9.17) is 0 Å². The van der Waals surface area contributed by atoms with Gasteiger partial charge < -0.3 is 15.0 Å². The van der Waals surface area contributed by atoms with Crippen molar-refractivity contribution < 1.29 is 31.8 Å². The van der Waals surface area contributed by atoms with Crippen LogP contribution in [0.3, 0.4) is 0 Å². The molecule has 0 amide bonds. The second-order valence-electron chi connectivity index (χ2n) is 11.7. The second-order valence-corrected chi connectivity index (χ2v) is 11.7. The molecule has 3 N–H and O–H groups in total. The lowest BCUT2D eigenvalue weighted by molar-refractivity contribution is -0.385. The van der Waals surface area contributed by atoms with E-state index in [0.717, 1.165) is 0 Å². The summed E-state index contributed by atoms with van der Waals surface area (Å²) in [4.78, 5) is 36.1. The Balaban J connectivity index is 1.61. The highest BCUT2D eigenvalue weighted by atomic mass is 19.2. The van der Waals surface area contributed by atoms with Crippen LogP contribution in [0.4, 0.5) is 33.3 Å². The third kappa shape index (κ3) is 4.97. The summed E-state index contributed by atoms with van der Waals surface area (Å²) in [5, 5.41) is 24.1. The van der Waals surface area contributed by atoms with E-state index in [2.05, 4.69) is 19.9 Å². The molecule has 15 heteroatoms. The van der Waals surface area contributed by atoms with Gasteiger partial charge in [0, 0.05) is 75.2 Å². The highest BCUT2D eigenvalue weighted by Crippen LogP contribution is 2.41. The minimum absolute atomic E-state index is 0.0611. The molecule has 4 bridgehead atoms. The molecule has 256 valence electrons. The van der Waals surface area contributed by atoms with E-state index < -0.39 is 50.1 Å². The average molecular weight is 707 g/mol. The minimum Gasteiger partial charge on any atom is -0.359 e. The highest BCUT2D eigenvalue weighted by molar-refractivity contribution is 6.13. The molecule has 5 heterocycles. The minimum atomic E-state index is -2.32. The molecule has 0 fully saturated rings. The molecule has 1 aliphatic heterocycles.